The minimum atomic E-state index is -0.969. The van der Waals surface area contributed by atoms with Gasteiger partial charge in [0, 0.05) is 37.1 Å². The minimum Gasteiger partial charge on any atom is -0.478 e. The summed E-state index contributed by atoms with van der Waals surface area (Å²) < 4.78 is 0. The van der Waals surface area contributed by atoms with E-state index in [0.717, 1.165) is 25.1 Å². The molecule has 1 aromatic heterocycles. The van der Waals surface area contributed by atoms with Crippen LogP contribution in [0, 0.1) is 11.8 Å². The highest BCUT2D eigenvalue weighted by Crippen LogP contribution is 2.25. The summed E-state index contributed by atoms with van der Waals surface area (Å²) in [6.07, 6.45) is 7.08. The largest absolute Gasteiger partial charge is 0.478 e. The molecule has 102 valence electrons. The number of carbonyl (C=O) groups is 1. The van der Waals surface area contributed by atoms with Crippen LogP contribution in [0.25, 0.3) is 6.08 Å². The monoisotopic (exact) mass is 261 g/mol. The van der Waals surface area contributed by atoms with Crippen molar-refractivity contribution >= 4 is 18.0 Å². The topological polar surface area (TPSA) is 66.3 Å². The van der Waals surface area contributed by atoms with Crippen molar-refractivity contribution in [2.24, 2.45) is 11.8 Å². The van der Waals surface area contributed by atoms with E-state index in [4.69, 9.17) is 5.11 Å². The molecule has 1 unspecified atom stereocenters. The minimum absolute atomic E-state index is 0.683. The second-order valence-electron chi connectivity index (χ2n) is 5.23. The number of hydrogen-bond acceptors (Lipinski definition) is 4. The maximum absolute atomic E-state index is 10.4. The molecule has 1 fully saturated rings. The first-order valence-corrected chi connectivity index (χ1v) is 6.54. The molecule has 1 atom stereocenters. The van der Waals surface area contributed by atoms with Gasteiger partial charge in [0.25, 0.3) is 0 Å². The third-order valence-electron chi connectivity index (χ3n) is 3.53. The molecule has 1 aliphatic rings. The lowest BCUT2D eigenvalue weighted by Crippen LogP contribution is -2.23. The molecule has 5 nitrogen and oxygen atoms in total. The van der Waals surface area contributed by atoms with E-state index in [-0.39, 0.29) is 0 Å². The average Bonchev–Trinajstić information content (AvgIpc) is 2.86. The fourth-order valence-corrected chi connectivity index (χ4v) is 2.26. The smallest absolute Gasteiger partial charge is 0.328 e. The number of carboxylic acid groups (broad SMARTS) is 1. The fraction of sp³-hybridized carbons (Fsp3) is 0.500. The van der Waals surface area contributed by atoms with Gasteiger partial charge in [0.05, 0.1) is 0 Å². The van der Waals surface area contributed by atoms with Crippen LogP contribution in [0.2, 0.25) is 0 Å². The molecular weight excluding hydrogens is 242 g/mol. The standard InChI is InChI=1S/C14H19N3O2/c1-10(2)12-5-6-17(9-12)14-15-7-11(8-16-14)3-4-13(18)19/h3-4,7-8,10,12H,5-6,9H2,1-2H3,(H,18,19)/b4-3+. The number of hydrogen-bond donors (Lipinski definition) is 1. The number of rotatable bonds is 4. The summed E-state index contributed by atoms with van der Waals surface area (Å²) in [4.78, 5) is 21.2. The Bertz CT molecular complexity index is 468. The SMILES string of the molecule is CC(C)C1CCN(c2ncc(/C=C/C(=O)O)cn2)C1. The molecule has 0 aromatic carbocycles. The highest BCUT2D eigenvalue weighted by molar-refractivity contribution is 5.85. The van der Waals surface area contributed by atoms with E-state index in [9.17, 15) is 4.79 Å². The van der Waals surface area contributed by atoms with Crippen LogP contribution >= 0.6 is 0 Å². The first kappa shape index (κ1) is 13.5. The molecule has 5 heteroatoms. The zero-order chi connectivity index (χ0) is 13.8. The Labute approximate surface area is 113 Å². The molecule has 0 bridgehead atoms. The number of aliphatic carboxylic acids is 1. The zero-order valence-corrected chi connectivity index (χ0v) is 11.3. The van der Waals surface area contributed by atoms with Crippen LogP contribution in [0.4, 0.5) is 5.95 Å². The van der Waals surface area contributed by atoms with Gasteiger partial charge in [-0.3, -0.25) is 0 Å². The summed E-state index contributed by atoms with van der Waals surface area (Å²) >= 11 is 0. The Balaban J connectivity index is 2.01. The van der Waals surface area contributed by atoms with E-state index >= 15 is 0 Å². The molecule has 19 heavy (non-hydrogen) atoms. The molecule has 0 aliphatic carbocycles. The van der Waals surface area contributed by atoms with Gasteiger partial charge in [0.2, 0.25) is 5.95 Å². The maximum Gasteiger partial charge on any atom is 0.328 e. The van der Waals surface area contributed by atoms with E-state index < -0.39 is 5.97 Å². The Morgan fingerprint density at radius 1 is 1.47 bits per heavy atom. The van der Waals surface area contributed by atoms with Crippen LogP contribution in [0.5, 0.6) is 0 Å². The third kappa shape index (κ3) is 3.53. The molecule has 0 amide bonds. The summed E-state index contributed by atoms with van der Waals surface area (Å²) in [6, 6.07) is 0. The van der Waals surface area contributed by atoms with Crippen molar-refractivity contribution in [3.63, 3.8) is 0 Å². The Morgan fingerprint density at radius 2 is 2.16 bits per heavy atom. The van der Waals surface area contributed by atoms with Gasteiger partial charge in [-0.2, -0.15) is 0 Å². The Kier molecular flexibility index (Phi) is 4.14. The van der Waals surface area contributed by atoms with Gasteiger partial charge in [0.15, 0.2) is 0 Å². The molecule has 2 heterocycles. The average molecular weight is 261 g/mol. The van der Waals surface area contributed by atoms with Crippen molar-refractivity contribution in [3.05, 3.63) is 24.0 Å². The quantitative estimate of drug-likeness (QED) is 0.840. The van der Waals surface area contributed by atoms with Crippen LogP contribution in [-0.2, 0) is 4.79 Å². The first-order valence-electron chi connectivity index (χ1n) is 6.54. The molecule has 2 rings (SSSR count). The second kappa shape index (κ2) is 5.82. The van der Waals surface area contributed by atoms with Crippen LogP contribution in [-0.4, -0.2) is 34.1 Å². The molecule has 1 aromatic rings. The van der Waals surface area contributed by atoms with Crippen molar-refractivity contribution in [2.75, 3.05) is 18.0 Å². The van der Waals surface area contributed by atoms with Gasteiger partial charge in [0.1, 0.15) is 0 Å². The van der Waals surface area contributed by atoms with E-state index in [1.165, 1.54) is 12.5 Å². The maximum atomic E-state index is 10.4. The second-order valence-corrected chi connectivity index (χ2v) is 5.23. The molecule has 0 radical (unpaired) electrons. The Hall–Kier alpha value is -1.91. The molecule has 1 aliphatic heterocycles. The van der Waals surface area contributed by atoms with Crippen LogP contribution in [0.1, 0.15) is 25.8 Å². The summed E-state index contributed by atoms with van der Waals surface area (Å²) in [7, 11) is 0. The molecule has 0 spiro atoms. The zero-order valence-electron chi connectivity index (χ0n) is 11.3. The Morgan fingerprint density at radius 3 is 2.68 bits per heavy atom. The lowest BCUT2D eigenvalue weighted by Gasteiger charge is -2.17. The number of anilines is 1. The van der Waals surface area contributed by atoms with Crippen molar-refractivity contribution in [1.82, 2.24) is 9.97 Å². The predicted molar refractivity (Wildman–Crippen MR) is 73.9 cm³/mol. The molecular formula is C14H19N3O2. The summed E-state index contributed by atoms with van der Waals surface area (Å²) in [5.41, 5.74) is 0.700. The van der Waals surface area contributed by atoms with E-state index in [1.807, 2.05) is 0 Å². The normalized spacial score (nSPS) is 19.5. The van der Waals surface area contributed by atoms with Crippen molar-refractivity contribution in [1.29, 1.82) is 0 Å². The van der Waals surface area contributed by atoms with Crippen LogP contribution < -0.4 is 4.90 Å². The van der Waals surface area contributed by atoms with Gasteiger partial charge < -0.3 is 10.0 Å². The highest BCUT2D eigenvalue weighted by Gasteiger charge is 2.26. The highest BCUT2D eigenvalue weighted by atomic mass is 16.4. The van der Waals surface area contributed by atoms with Gasteiger partial charge in [-0.15, -0.1) is 0 Å². The summed E-state index contributed by atoms with van der Waals surface area (Å²) in [6.45, 7) is 6.48. The summed E-state index contributed by atoms with van der Waals surface area (Å²) in [5, 5.41) is 8.55. The van der Waals surface area contributed by atoms with E-state index in [0.29, 0.717) is 17.4 Å². The summed E-state index contributed by atoms with van der Waals surface area (Å²) in [5.74, 6) is 1.15. The predicted octanol–water partition coefficient (Wildman–Crippen LogP) is 2.06. The van der Waals surface area contributed by atoms with Crippen LogP contribution in [0.3, 0.4) is 0 Å². The van der Waals surface area contributed by atoms with E-state index in [1.54, 1.807) is 12.4 Å². The van der Waals surface area contributed by atoms with Crippen molar-refractivity contribution < 1.29 is 9.90 Å². The number of nitrogens with zero attached hydrogens (tertiary/aromatic N) is 3. The van der Waals surface area contributed by atoms with Crippen molar-refractivity contribution in [3.8, 4) is 0 Å². The van der Waals surface area contributed by atoms with Gasteiger partial charge >= 0.3 is 5.97 Å². The van der Waals surface area contributed by atoms with Crippen molar-refractivity contribution in [2.45, 2.75) is 20.3 Å². The molecule has 1 N–H and O–H groups in total. The first-order chi connectivity index (χ1) is 9.06. The van der Waals surface area contributed by atoms with E-state index in [2.05, 4.69) is 28.7 Å². The third-order valence-corrected chi connectivity index (χ3v) is 3.53. The van der Waals surface area contributed by atoms with Crippen LogP contribution in [0.15, 0.2) is 18.5 Å². The fourth-order valence-electron chi connectivity index (χ4n) is 2.26. The van der Waals surface area contributed by atoms with Gasteiger partial charge in [-0.1, -0.05) is 13.8 Å². The lowest BCUT2D eigenvalue weighted by atomic mass is 9.95. The number of carboxylic acids is 1. The van der Waals surface area contributed by atoms with Gasteiger partial charge in [-0.05, 0) is 24.3 Å². The lowest BCUT2D eigenvalue weighted by molar-refractivity contribution is -0.131. The molecule has 1 saturated heterocycles. The van der Waals surface area contributed by atoms with Gasteiger partial charge in [-0.25, -0.2) is 14.8 Å². The molecule has 0 saturated carbocycles. The number of aromatic nitrogens is 2.